The van der Waals surface area contributed by atoms with E-state index in [0.717, 1.165) is 18.4 Å². The topological polar surface area (TPSA) is 49.7 Å². The van der Waals surface area contributed by atoms with Gasteiger partial charge in [-0.1, -0.05) is 64.7 Å². The Labute approximate surface area is 141 Å². The first-order valence-corrected chi connectivity index (χ1v) is 9.20. The third kappa shape index (κ3) is 9.50. The summed E-state index contributed by atoms with van der Waals surface area (Å²) in [5.74, 6) is 0.824. The maximum atomic E-state index is 10.1. The molecule has 1 atom stereocenters. The fourth-order valence-corrected chi connectivity index (χ4v) is 2.94. The number of hydrogen-bond acceptors (Lipinski definition) is 3. The second-order valence-corrected chi connectivity index (χ2v) is 6.51. The van der Waals surface area contributed by atoms with Crippen molar-refractivity contribution < 1.29 is 14.9 Å². The second-order valence-electron chi connectivity index (χ2n) is 6.51. The molecule has 0 aromatic heterocycles. The van der Waals surface area contributed by atoms with Gasteiger partial charge in [0.05, 0.1) is 13.2 Å². The lowest BCUT2D eigenvalue weighted by Gasteiger charge is -2.12. The van der Waals surface area contributed by atoms with Gasteiger partial charge < -0.3 is 14.9 Å². The molecular weight excluding hydrogens is 288 g/mol. The summed E-state index contributed by atoms with van der Waals surface area (Å²) in [5, 5.41) is 19.8. The number of phenolic OH excluding ortho intramolecular Hbond substituents is 1. The number of methoxy groups -OCH3 is 1. The number of unbranched alkanes of at least 4 members (excludes halogenated alkanes) is 8. The van der Waals surface area contributed by atoms with Crippen LogP contribution in [0.4, 0.5) is 0 Å². The van der Waals surface area contributed by atoms with Gasteiger partial charge in [0.1, 0.15) is 11.5 Å². The molecule has 0 radical (unpaired) electrons. The first-order chi connectivity index (χ1) is 11.2. The molecule has 0 saturated carbocycles. The molecule has 1 aromatic rings. The Balaban J connectivity index is 2.10. The number of phenols is 1. The predicted octanol–water partition coefficient (Wildman–Crippen LogP) is 5.23. The van der Waals surface area contributed by atoms with Gasteiger partial charge in [0.25, 0.3) is 0 Å². The van der Waals surface area contributed by atoms with Crippen molar-refractivity contribution in [3.05, 3.63) is 23.8 Å². The van der Waals surface area contributed by atoms with Crippen LogP contribution in [0.2, 0.25) is 0 Å². The number of ether oxygens (including phenoxy) is 1. The summed E-state index contributed by atoms with van der Waals surface area (Å²) in [6.45, 7) is 2.25. The summed E-state index contributed by atoms with van der Waals surface area (Å²) in [4.78, 5) is 0. The fourth-order valence-electron chi connectivity index (χ4n) is 2.94. The molecule has 0 fully saturated rings. The molecule has 0 heterocycles. The van der Waals surface area contributed by atoms with Gasteiger partial charge in [-0.05, 0) is 30.5 Å². The zero-order valence-electron chi connectivity index (χ0n) is 14.9. The van der Waals surface area contributed by atoms with Gasteiger partial charge in [-0.25, -0.2) is 0 Å². The number of hydrogen-bond donors (Lipinski definition) is 2. The third-order valence-corrected chi connectivity index (χ3v) is 4.30. The van der Waals surface area contributed by atoms with Crippen molar-refractivity contribution in [2.24, 2.45) is 0 Å². The van der Waals surface area contributed by atoms with Crippen LogP contribution in [0, 0.1) is 0 Å². The first kappa shape index (κ1) is 19.8. The number of rotatable bonds is 13. The summed E-state index contributed by atoms with van der Waals surface area (Å²) < 4.78 is 5.14. The lowest BCUT2D eigenvalue weighted by Crippen LogP contribution is -2.10. The van der Waals surface area contributed by atoms with Crippen molar-refractivity contribution in [2.75, 3.05) is 7.11 Å². The highest BCUT2D eigenvalue weighted by Crippen LogP contribution is 2.23. The van der Waals surface area contributed by atoms with Crippen LogP contribution in [-0.2, 0) is 6.42 Å². The quantitative estimate of drug-likeness (QED) is 0.489. The molecule has 3 nitrogen and oxygen atoms in total. The molecule has 2 N–H and O–H groups in total. The molecule has 0 bridgehead atoms. The number of aliphatic hydroxyl groups is 1. The van der Waals surface area contributed by atoms with Gasteiger partial charge in [0.2, 0.25) is 0 Å². The van der Waals surface area contributed by atoms with Crippen molar-refractivity contribution in [3.8, 4) is 11.5 Å². The summed E-state index contributed by atoms with van der Waals surface area (Å²) >= 11 is 0. The van der Waals surface area contributed by atoms with Crippen molar-refractivity contribution in [3.63, 3.8) is 0 Å². The molecule has 0 spiro atoms. The zero-order valence-corrected chi connectivity index (χ0v) is 14.9. The van der Waals surface area contributed by atoms with Crippen molar-refractivity contribution in [1.29, 1.82) is 0 Å². The van der Waals surface area contributed by atoms with Crippen LogP contribution in [0.5, 0.6) is 11.5 Å². The maximum absolute atomic E-state index is 10.1. The fraction of sp³-hybridized carbons (Fsp3) is 0.700. The normalized spacial score (nSPS) is 12.3. The molecule has 0 aliphatic rings. The molecular formula is C20H34O3. The SMILES string of the molecule is CCCCCCCCCCCC(O)Cc1cc(O)cc(OC)c1. The molecule has 1 rings (SSSR count). The Kier molecular flexibility index (Phi) is 10.5. The van der Waals surface area contributed by atoms with E-state index in [9.17, 15) is 10.2 Å². The van der Waals surface area contributed by atoms with Crippen molar-refractivity contribution in [2.45, 2.75) is 83.7 Å². The van der Waals surface area contributed by atoms with Gasteiger partial charge in [-0.15, -0.1) is 0 Å². The molecule has 0 aliphatic heterocycles. The van der Waals surface area contributed by atoms with E-state index in [2.05, 4.69) is 6.92 Å². The third-order valence-electron chi connectivity index (χ3n) is 4.30. The van der Waals surface area contributed by atoms with E-state index in [1.165, 1.54) is 51.4 Å². The minimum Gasteiger partial charge on any atom is -0.508 e. The minimum absolute atomic E-state index is 0.189. The van der Waals surface area contributed by atoms with Crippen LogP contribution in [0.15, 0.2) is 18.2 Å². The first-order valence-electron chi connectivity index (χ1n) is 9.20. The summed E-state index contributed by atoms with van der Waals surface area (Å²) in [7, 11) is 1.58. The monoisotopic (exact) mass is 322 g/mol. The summed E-state index contributed by atoms with van der Waals surface area (Å²) in [6, 6.07) is 5.15. The van der Waals surface area contributed by atoms with Gasteiger partial charge in [0.15, 0.2) is 0 Å². The second kappa shape index (κ2) is 12.2. The molecule has 0 amide bonds. The molecule has 132 valence electrons. The lowest BCUT2D eigenvalue weighted by atomic mass is 10.0. The zero-order chi connectivity index (χ0) is 16.9. The minimum atomic E-state index is -0.342. The van der Waals surface area contributed by atoms with E-state index in [0.29, 0.717) is 12.2 Å². The average Bonchev–Trinajstić information content (AvgIpc) is 2.52. The highest BCUT2D eigenvalue weighted by Gasteiger charge is 2.08. The van der Waals surface area contributed by atoms with Gasteiger partial charge in [-0.2, -0.15) is 0 Å². The highest BCUT2D eigenvalue weighted by atomic mass is 16.5. The Bertz CT molecular complexity index is 417. The van der Waals surface area contributed by atoms with Crippen LogP contribution in [0.3, 0.4) is 0 Å². The smallest absolute Gasteiger partial charge is 0.122 e. The highest BCUT2D eigenvalue weighted by molar-refractivity contribution is 5.37. The molecule has 0 saturated heterocycles. The van der Waals surface area contributed by atoms with E-state index < -0.39 is 0 Å². The number of aliphatic hydroxyl groups excluding tert-OH is 1. The number of aromatic hydroxyl groups is 1. The molecule has 1 unspecified atom stereocenters. The van der Waals surface area contributed by atoms with Crippen LogP contribution in [0.1, 0.15) is 76.7 Å². The average molecular weight is 322 g/mol. The Hall–Kier alpha value is -1.22. The Morgan fingerprint density at radius 2 is 1.52 bits per heavy atom. The van der Waals surface area contributed by atoms with Gasteiger partial charge >= 0.3 is 0 Å². The predicted molar refractivity (Wildman–Crippen MR) is 96.2 cm³/mol. The van der Waals surface area contributed by atoms with Gasteiger partial charge in [-0.3, -0.25) is 0 Å². The van der Waals surface area contributed by atoms with E-state index >= 15 is 0 Å². The molecule has 0 aliphatic carbocycles. The van der Waals surface area contributed by atoms with Crippen LogP contribution in [0.25, 0.3) is 0 Å². The van der Waals surface area contributed by atoms with E-state index in [4.69, 9.17) is 4.74 Å². The molecule has 3 heteroatoms. The van der Waals surface area contributed by atoms with E-state index in [1.807, 2.05) is 6.07 Å². The lowest BCUT2D eigenvalue weighted by molar-refractivity contribution is 0.160. The van der Waals surface area contributed by atoms with Crippen LogP contribution < -0.4 is 4.74 Å². The van der Waals surface area contributed by atoms with Crippen LogP contribution in [-0.4, -0.2) is 23.4 Å². The maximum Gasteiger partial charge on any atom is 0.122 e. The summed E-state index contributed by atoms with van der Waals surface area (Å²) in [5.41, 5.74) is 0.922. The van der Waals surface area contributed by atoms with Crippen molar-refractivity contribution >= 4 is 0 Å². The van der Waals surface area contributed by atoms with E-state index in [1.54, 1.807) is 19.2 Å². The Morgan fingerprint density at radius 1 is 0.913 bits per heavy atom. The molecule has 23 heavy (non-hydrogen) atoms. The largest absolute Gasteiger partial charge is 0.508 e. The summed E-state index contributed by atoms with van der Waals surface area (Å²) in [6.07, 6.45) is 12.7. The standard InChI is InChI=1S/C20H34O3/c1-3-4-5-6-7-8-9-10-11-12-18(21)13-17-14-19(22)16-20(15-17)23-2/h14-16,18,21-22H,3-13H2,1-2H3. The number of benzene rings is 1. The van der Waals surface area contributed by atoms with Gasteiger partial charge in [0, 0.05) is 6.07 Å². The Morgan fingerprint density at radius 3 is 2.13 bits per heavy atom. The van der Waals surface area contributed by atoms with Crippen LogP contribution >= 0.6 is 0 Å². The van der Waals surface area contributed by atoms with Crippen molar-refractivity contribution in [1.82, 2.24) is 0 Å². The molecule has 1 aromatic carbocycles. The van der Waals surface area contributed by atoms with E-state index in [-0.39, 0.29) is 11.9 Å².